The molecule has 0 heterocycles. The van der Waals surface area contributed by atoms with Gasteiger partial charge in [0, 0.05) is 0 Å². The number of ether oxygens (including phenoxy) is 1. The summed E-state index contributed by atoms with van der Waals surface area (Å²) < 4.78 is 7.11. The van der Waals surface area contributed by atoms with Gasteiger partial charge in [0.25, 0.3) is 0 Å². The number of carbonyl (C=O) groups excluding carboxylic acids is 1. The molecule has 0 fully saturated rings. The second-order valence-corrected chi connectivity index (χ2v) is 9.24. The van der Waals surface area contributed by atoms with Crippen LogP contribution in [-0.4, -0.2) is 21.7 Å². The lowest BCUT2D eigenvalue weighted by Crippen LogP contribution is -2.45. The first-order chi connectivity index (χ1) is 9.04. The van der Waals surface area contributed by atoms with Gasteiger partial charge in [-0.1, -0.05) is 46.9 Å². The summed E-state index contributed by atoms with van der Waals surface area (Å²) in [6, 6.07) is 7.60. The zero-order chi connectivity index (χ0) is 15.6. The van der Waals surface area contributed by atoms with Gasteiger partial charge in [0.2, 0.25) is 3.79 Å². The quantitative estimate of drug-likeness (QED) is 0.559. The molecule has 0 aromatic heterocycles. The average molecular weight is 423 g/mol. The summed E-state index contributed by atoms with van der Waals surface area (Å²) in [6.07, 6.45) is 1.23. The molecule has 1 N–H and O–H groups in total. The molecule has 20 heavy (non-hydrogen) atoms. The molecular formula is C12H14BrCl3NO2S+. The molecule has 1 unspecified atom stereocenters. The lowest BCUT2D eigenvalue weighted by molar-refractivity contribution is 0.0460. The summed E-state index contributed by atoms with van der Waals surface area (Å²) >= 11 is 20.2. The van der Waals surface area contributed by atoms with Crippen molar-refractivity contribution in [3.63, 3.8) is 0 Å². The summed E-state index contributed by atoms with van der Waals surface area (Å²) in [5.41, 5.74) is -1.24. The molecule has 0 spiro atoms. The van der Waals surface area contributed by atoms with Gasteiger partial charge in [-0.3, -0.25) is 0 Å². The van der Waals surface area contributed by atoms with Crippen LogP contribution < -0.4 is 4.72 Å². The van der Waals surface area contributed by atoms with Gasteiger partial charge >= 0.3 is 6.09 Å². The monoisotopic (exact) mass is 420 g/mol. The second kappa shape index (κ2) is 6.97. The van der Waals surface area contributed by atoms with E-state index in [4.69, 9.17) is 39.5 Å². The van der Waals surface area contributed by atoms with Crippen LogP contribution in [0.4, 0.5) is 4.79 Å². The normalized spacial score (nSPS) is 13.8. The fraction of sp³-hybridized carbons (Fsp3) is 0.417. The van der Waals surface area contributed by atoms with Crippen molar-refractivity contribution >= 4 is 67.9 Å². The molecule has 8 heteroatoms. The fourth-order valence-electron chi connectivity index (χ4n) is 1.18. The maximum Gasteiger partial charge on any atom is 0.449 e. The highest BCUT2D eigenvalue weighted by molar-refractivity contribution is 9.10. The zero-order valence-corrected chi connectivity index (χ0v) is 15.7. The van der Waals surface area contributed by atoms with Crippen LogP contribution in [-0.2, 0) is 15.8 Å². The highest BCUT2D eigenvalue weighted by Crippen LogP contribution is 2.40. The summed E-state index contributed by atoms with van der Waals surface area (Å²) in [4.78, 5) is 12.8. The van der Waals surface area contributed by atoms with Gasteiger partial charge in [0.05, 0.1) is 4.47 Å². The molecule has 1 atom stereocenters. The van der Waals surface area contributed by atoms with E-state index < -0.39 is 26.6 Å². The minimum absolute atomic E-state index is 0.537. The summed E-state index contributed by atoms with van der Waals surface area (Å²) in [5, 5.41) is 0. The van der Waals surface area contributed by atoms with E-state index >= 15 is 0 Å². The first kappa shape index (κ1) is 18.2. The molecule has 1 aromatic rings. The predicted molar refractivity (Wildman–Crippen MR) is 89.7 cm³/mol. The molecule has 0 aliphatic carbocycles. The Bertz CT molecular complexity index is 494. The Labute approximate surface area is 144 Å². The molecule has 112 valence electrons. The third kappa shape index (κ3) is 4.88. The van der Waals surface area contributed by atoms with E-state index in [-0.39, 0.29) is 0 Å². The molecule has 0 saturated heterocycles. The van der Waals surface area contributed by atoms with Gasteiger partial charge < -0.3 is 4.74 Å². The van der Waals surface area contributed by atoms with E-state index in [9.17, 15) is 4.79 Å². The van der Waals surface area contributed by atoms with Crippen molar-refractivity contribution in [2.75, 3.05) is 6.26 Å². The maximum atomic E-state index is 11.9. The van der Waals surface area contributed by atoms with Crippen LogP contribution in [0.5, 0.6) is 0 Å². The van der Waals surface area contributed by atoms with E-state index in [2.05, 4.69) is 20.7 Å². The fourth-order valence-corrected chi connectivity index (χ4v) is 3.36. The van der Waals surface area contributed by atoms with Crippen molar-refractivity contribution in [1.29, 1.82) is 0 Å². The van der Waals surface area contributed by atoms with Crippen molar-refractivity contribution in [1.82, 2.24) is 4.72 Å². The lowest BCUT2D eigenvalue weighted by Gasteiger charge is -2.31. The Morgan fingerprint density at radius 2 is 1.85 bits per heavy atom. The number of hydrogen-bond acceptors (Lipinski definition) is 2. The Hall–Kier alpha value is 0.190. The summed E-state index contributed by atoms with van der Waals surface area (Å²) in [5.74, 6) is 0. The Kier molecular flexibility index (Phi) is 6.35. The van der Waals surface area contributed by atoms with Gasteiger partial charge in [-0.05, 0) is 41.9 Å². The van der Waals surface area contributed by atoms with Crippen LogP contribution in [0.15, 0.2) is 33.6 Å². The van der Waals surface area contributed by atoms with E-state index in [1.807, 2.05) is 30.5 Å². The van der Waals surface area contributed by atoms with E-state index in [1.54, 1.807) is 0 Å². The second-order valence-electron chi connectivity index (χ2n) is 4.44. The molecule has 3 nitrogen and oxygen atoms in total. The number of amides is 1. The predicted octanol–water partition coefficient (Wildman–Crippen LogP) is 4.85. The summed E-state index contributed by atoms with van der Waals surface area (Å²) in [7, 11) is 0. The van der Waals surface area contributed by atoms with Crippen LogP contribution in [0.1, 0.15) is 13.8 Å². The highest BCUT2D eigenvalue weighted by atomic mass is 79.9. The van der Waals surface area contributed by atoms with Crippen LogP contribution >= 0.6 is 50.7 Å². The third-order valence-corrected chi connectivity index (χ3v) is 6.24. The molecule has 0 radical (unpaired) electrons. The van der Waals surface area contributed by atoms with Crippen molar-refractivity contribution in [3.05, 3.63) is 28.7 Å². The molecular weight excluding hydrogens is 408 g/mol. The van der Waals surface area contributed by atoms with E-state index in [0.717, 1.165) is 9.37 Å². The molecule has 1 rings (SSSR count). The molecule has 0 bridgehead atoms. The largest absolute Gasteiger partial charge is 0.449 e. The van der Waals surface area contributed by atoms with Crippen LogP contribution in [0.3, 0.4) is 0 Å². The minimum atomic E-state index is -1.70. The topological polar surface area (TPSA) is 38.3 Å². The minimum Gasteiger partial charge on any atom is -0.436 e. The molecule has 1 amide bonds. The van der Waals surface area contributed by atoms with Crippen molar-refractivity contribution in [2.24, 2.45) is 0 Å². The van der Waals surface area contributed by atoms with Crippen molar-refractivity contribution in [3.8, 4) is 0 Å². The van der Waals surface area contributed by atoms with Crippen molar-refractivity contribution < 1.29 is 9.53 Å². The molecule has 0 aliphatic rings. The van der Waals surface area contributed by atoms with E-state index in [0.29, 0.717) is 0 Å². The first-order valence-corrected chi connectivity index (χ1v) is 9.07. The van der Waals surface area contributed by atoms with E-state index in [1.165, 1.54) is 13.8 Å². The number of nitrogens with one attached hydrogen (secondary N) is 1. The SMILES string of the molecule is C[S+](NC(=O)OC(C)(C)C(Cl)(Cl)Cl)c1ccccc1Br. The standard InChI is InChI=1S/C12H13BrCl3NO2S/c1-11(2,12(14,15)16)19-10(18)17-20(3)9-7-5-4-6-8(9)13/h4-7H,1-3H3/p+1. The van der Waals surface area contributed by atoms with Crippen LogP contribution in [0, 0.1) is 0 Å². The van der Waals surface area contributed by atoms with Gasteiger partial charge in [-0.25, -0.2) is 4.79 Å². The van der Waals surface area contributed by atoms with Crippen LogP contribution in [0.2, 0.25) is 0 Å². The van der Waals surface area contributed by atoms with Gasteiger partial charge in [-0.15, -0.1) is 4.72 Å². The molecule has 0 saturated carbocycles. The lowest BCUT2D eigenvalue weighted by atomic mass is 10.2. The maximum absolute atomic E-state index is 11.9. The average Bonchev–Trinajstić information content (AvgIpc) is 2.26. The summed E-state index contributed by atoms with van der Waals surface area (Å²) in [6.45, 7) is 3.07. The number of carbonyl (C=O) groups is 1. The number of halogens is 4. The van der Waals surface area contributed by atoms with Gasteiger partial charge in [0.15, 0.2) is 10.5 Å². The Morgan fingerprint density at radius 3 is 2.35 bits per heavy atom. The first-order valence-electron chi connectivity index (χ1n) is 5.51. The number of rotatable bonds is 3. The van der Waals surface area contributed by atoms with Gasteiger partial charge in [-0.2, -0.15) is 0 Å². The molecule has 0 aliphatic heterocycles. The van der Waals surface area contributed by atoms with Crippen molar-refractivity contribution in [2.45, 2.75) is 28.1 Å². The Morgan fingerprint density at radius 1 is 1.30 bits per heavy atom. The highest BCUT2D eigenvalue weighted by Gasteiger charge is 2.44. The van der Waals surface area contributed by atoms with Gasteiger partial charge in [0.1, 0.15) is 17.3 Å². The number of alkyl halides is 3. The third-order valence-electron chi connectivity index (χ3n) is 2.43. The smallest absolute Gasteiger partial charge is 0.436 e. The van der Waals surface area contributed by atoms with Crippen LogP contribution in [0.25, 0.3) is 0 Å². The Balaban J connectivity index is 2.71. The molecule has 1 aromatic carbocycles. The number of hydrogen-bond donors (Lipinski definition) is 1. The zero-order valence-electron chi connectivity index (χ0n) is 11.0. The number of benzene rings is 1.